The molecule has 0 aromatic carbocycles. The predicted octanol–water partition coefficient (Wildman–Crippen LogP) is 2.68. The van der Waals surface area contributed by atoms with E-state index in [0.717, 1.165) is 32.4 Å². The molecule has 4 heteroatoms. The van der Waals surface area contributed by atoms with Gasteiger partial charge >= 0.3 is 0 Å². The molecule has 2 nitrogen and oxygen atoms in total. The van der Waals surface area contributed by atoms with Crippen LogP contribution in [0.3, 0.4) is 0 Å². The van der Waals surface area contributed by atoms with Crippen LogP contribution < -0.4 is 0 Å². The van der Waals surface area contributed by atoms with Gasteiger partial charge < -0.3 is 4.90 Å². The van der Waals surface area contributed by atoms with Crippen LogP contribution in [0.2, 0.25) is 0 Å². The maximum absolute atomic E-state index is 11.8. The van der Waals surface area contributed by atoms with E-state index in [1.165, 1.54) is 4.88 Å². The van der Waals surface area contributed by atoms with Crippen molar-refractivity contribution >= 4 is 33.2 Å². The van der Waals surface area contributed by atoms with E-state index in [1.54, 1.807) is 11.3 Å². The third-order valence-electron chi connectivity index (χ3n) is 2.67. The van der Waals surface area contributed by atoms with Gasteiger partial charge in [-0.05, 0) is 30.7 Å². The molecule has 1 atom stereocenters. The fourth-order valence-electron chi connectivity index (χ4n) is 1.82. The van der Waals surface area contributed by atoms with Gasteiger partial charge in [-0.25, -0.2) is 0 Å². The number of carbonyl (C=O) groups excluding carboxylic acids is 1. The lowest BCUT2D eigenvalue weighted by Crippen LogP contribution is -2.42. The molecule has 1 aliphatic rings. The molecule has 2 heterocycles. The van der Waals surface area contributed by atoms with Crippen molar-refractivity contribution in [1.29, 1.82) is 0 Å². The minimum atomic E-state index is 0.0505. The molecule has 0 saturated carbocycles. The summed E-state index contributed by atoms with van der Waals surface area (Å²) in [6.45, 7) is 1.79. The van der Waals surface area contributed by atoms with E-state index < -0.39 is 0 Å². The molecule has 1 aliphatic heterocycles. The Morgan fingerprint density at radius 3 is 3.20 bits per heavy atom. The maximum Gasteiger partial charge on any atom is 0.236 e. The Balaban J connectivity index is 1.86. The topological polar surface area (TPSA) is 20.3 Å². The third kappa shape index (κ3) is 2.82. The summed E-state index contributed by atoms with van der Waals surface area (Å²) in [5.41, 5.74) is 0. The molecule has 2 rings (SSSR count). The summed E-state index contributed by atoms with van der Waals surface area (Å²) >= 11 is 5.19. The predicted molar refractivity (Wildman–Crippen MR) is 66.6 cm³/mol. The number of amides is 1. The zero-order valence-corrected chi connectivity index (χ0v) is 10.9. The number of nitrogens with zero attached hydrogens (tertiary/aromatic N) is 1. The Bertz CT molecular complexity index is 325. The molecule has 0 N–H and O–H groups in total. The van der Waals surface area contributed by atoms with Gasteiger partial charge in [0.05, 0.1) is 4.83 Å². The zero-order valence-electron chi connectivity index (χ0n) is 8.49. The van der Waals surface area contributed by atoms with Crippen molar-refractivity contribution in [2.45, 2.75) is 24.1 Å². The standard InChI is InChI=1S/C11H14BrNOS/c12-10-4-1-6-13(11(10)14)7-5-9-3-2-8-15-9/h2-3,8,10H,1,4-7H2. The number of carbonyl (C=O) groups is 1. The molecule has 0 radical (unpaired) electrons. The lowest BCUT2D eigenvalue weighted by molar-refractivity contribution is -0.132. The van der Waals surface area contributed by atoms with Crippen LogP contribution in [0.1, 0.15) is 17.7 Å². The third-order valence-corrected chi connectivity index (χ3v) is 4.46. The smallest absolute Gasteiger partial charge is 0.236 e. The highest BCUT2D eigenvalue weighted by atomic mass is 79.9. The number of alkyl halides is 1. The molecule has 1 aromatic heterocycles. The van der Waals surface area contributed by atoms with E-state index in [9.17, 15) is 4.79 Å². The Hall–Kier alpha value is -0.350. The summed E-state index contributed by atoms with van der Waals surface area (Å²) < 4.78 is 0. The Labute approximate surface area is 102 Å². The molecule has 0 bridgehead atoms. The highest BCUT2D eigenvalue weighted by molar-refractivity contribution is 9.10. The van der Waals surface area contributed by atoms with Gasteiger partial charge in [-0.3, -0.25) is 4.79 Å². The quantitative estimate of drug-likeness (QED) is 0.783. The molecule has 0 spiro atoms. The fraction of sp³-hybridized carbons (Fsp3) is 0.545. The van der Waals surface area contributed by atoms with Gasteiger partial charge in [-0.2, -0.15) is 0 Å². The summed E-state index contributed by atoms with van der Waals surface area (Å²) in [5.74, 6) is 0.262. The first-order valence-corrected chi connectivity index (χ1v) is 7.02. The number of piperidine rings is 1. The summed E-state index contributed by atoms with van der Waals surface area (Å²) in [6.07, 6.45) is 3.09. The number of thiophene rings is 1. The van der Waals surface area contributed by atoms with Crippen LogP contribution in [0.25, 0.3) is 0 Å². The molecule has 1 fully saturated rings. The van der Waals surface area contributed by atoms with Crippen LogP contribution in [0.15, 0.2) is 17.5 Å². The Morgan fingerprint density at radius 2 is 2.47 bits per heavy atom. The van der Waals surface area contributed by atoms with Crippen LogP contribution in [0.5, 0.6) is 0 Å². The van der Waals surface area contributed by atoms with Gasteiger partial charge in [0.25, 0.3) is 0 Å². The van der Waals surface area contributed by atoms with E-state index >= 15 is 0 Å². The molecule has 1 amide bonds. The number of likely N-dealkylation sites (tertiary alicyclic amines) is 1. The van der Waals surface area contributed by atoms with Gasteiger partial charge in [-0.1, -0.05) is 22.0 Å². The molecule has 1 saturated heterocycles. The monoisotopic (exact) mass is 287 g/mol. The maximum atomic E-state index is 11.8. The van der Waals surface area contributed by atoms with Crippen molar-refractivity contribution in [2.24, 2.45) is 0 Å². The van der Waals surface area contributed by atoms with E-state index in [-0.39, 0.29) is 10.7 Å². The van der Waals surface area contributed by atoms with E-state index in [2.05, 4.69) is 33.4 Å². The molecular weight excluding hydrogens is 274 g/mol. The summed E-state index contributed by atoms with van der Waals surface area (Å²) in [6, 6.07) is 4.19. The van der Waals surface area contributed by atoms with Crippen molar-refractivity contribution in [3.05, 3.63) is 22.4 Å². The normalized spacial score (nSPS) is 22.1. The largest absolute Gasteiger partial charge is 0.341 e. The first-order valence-electron chi connectivity index (χ1n) is 5.22. The van der Waals surface area contributed by atoms with Gasteiger partial charge in [0.1, 0.15) is 0 Å². The van der Waals surface area contributed by atoms with Crippen LogP contribution in [-0.2, 0) is 11.2 Å². The van der Waals surface area contributed by atoms with Crippen molar-refractivity contribution in [3.8, 4) is 0 Å². The highest BCUT2D eigenvalue weighted by Gasteiger charge is 2.25. The molecule has 82 valence electrons. The average molecular weight is 288 g/mol. The first kappa shape index (κ1) is 11.1. The molecule has 0 aliphatic carbocycles. The number of halogens is 1. The molecule has 1 unspecified atom stereocenters. The van der Waals surface area contributed by atoms with Crippen LogP contribution in [0.4, 0.5) is 0 Å². The lowest BCUT2D eigenvalue weighted by atomic mass is 10.1. The zero-order chi connectivity index (χ0) is 10.7. The second kappa shape index (κ2) is 5.12. The second-order valence-electron chi connectivity index (χ2n) is 3.76. The number of rotatable bonds is 3. The van der Waals surface area contributed by atoms with Crippen molar-refractivity contribution in [1.82, 2.24) is 4.90 Å². The second-order valence-corrected chi connectivity index (χ2v) is 5.90. The Kier molecular flexibility index (Phi) is 3.81. The van der Waals surface area contributed by atoms with Crippen LogP contribution >= 0.6 is 27.3 Å². The lowest BCUT2D eigenvalue weighted by Gasteiger charge is -2.29. The van der Waals surface area contributed by atoms with Gasteiger partial charge in [0.2, 0.25) is 5.91 Å². The molecule has 15 heavy (non-hydrogen) atoms. The minimum absolute atomic E-state index is 0.0505. The summed E-state index contributed by atoms with van der Waals surface area (Å²) in [5, 5.41) is 2.08. The van der Waals surface area contributed by atoms with Crippen LogP contribution in [0, 0.1) is 0 Å². The van der Waals surface area contributed by atoms with Gasteiger partial charge in [0.15, 0.2) is 0 Å². The van der Waals surface area contributed by atoms with Crippen molar-refractivity contribution in [2.75, 3.05) is 13.1 Å². The average Bonchev–Trinajstić information content (AvgIpc) is 2.73. The number of hydrogen-bond acceptors (Lipinski definition) is 2. The molecular formula is C11H14BrNOS. The van der Waals surface area contributed by atoms with Crippen molar-refractivity contribution in [3.63, 3.8) is 0 Å². The molecule has 1 aromatic rings. The Morgan fingerprint density at radius 1 is 1.60 bits per heavy atom. The van der Waals surface area contributed by atoms with Gasteiger partial charge in [0, 0.05) is 18.0 Å². The SMILES string of the molecule is O=C1C(Br)CCCN1CCc1cccs1. The summed E-state index contributed by atoms with van der Waals surface area (Å²) in [7, 11) is 0. The highest BCUT2D eigenvalue weighted by Crippen LogP contribution is 2.19. The first-order chi connectivity index (χ1) is 7.27. The number of hydrogen-bond donors (Lipinski definition) is 0. The van der Waals surface area contributed by atoms with E-state index in [0.29, 0.717) is 0 Å². The minimum Gasteiger partial charge on any atom is -0.341 e. The van der Waals surface area contributed by atoms with Gasteiger partial charge in [-0.15, -0.1) is 11.3 Å². The van der Waals surface area contributed by atoms with E-state index in [1.807, 2.05) is 4.90 Å². The van der Waals surface area contributed by atoms with E-state index in [4.69, 9.17) is 0 Å². The summed E-state index contributed by atoms with van der Waals surface area (Å²) in [4.78, 5) is 15.2. The fourth-order valence-corrected chi connectivity index (χ4v) is 3.13. The van der Waals surface area contributed by atoms with Crippen molar-refractivity contribution < 1.29 is 4.79 Å². The van der Waals surface area contributed by atoms with Crippen LogP contribution in [-0.4, -0.2) is 28.7 Å².